The summed E-state index contributed by atoms with van der Waals surface area (Å²) < 4.78 is 5.19. The number of carbonyl (C=O) groups is 2. The molecule has 6 nitrogen and oxygen atoms in total. The van der Waals surface area contributed by atoms with Gasteiger partial charge in [-0.15, -0.1) is 0 Å². The fourth-order valence-electron chi connectivity index (χ4n) is 2.28. The molecule has 0 aliphatic rings. The molecule has 6 heteroatoms. The van der Waals surface area contributed by atoms with E-state index >= 15 is 0 Å². The van der Waals surface area contributed by atoms with Crippen molar-refractivity contribution in [1.29, 1.82) is 0 Å². The molecule has 0 aliphatic heterocycles. The quantitative estimate of drug-likeness (QED) is 0.404. The summed E-state index contributed by atoms with van der Waals surface area (Å²) >= 11 is 0. The normalized spacial score (nSPS) is 12.6. The van der Waals surface area contributed by atoms with Gasteiger partial charge in [0.2, 0.25) is 0 Å². The molecule has 0 spiro atoms. The van der Waals surface area contributed by atoms with Crippen LogP contribution in [-0.4, -0.2) is 23.1 Å². The van der Waals surface area contributed by atoms with Crippen molar-refractivity contribution >= 4 is 24.0 Å². The highest BCUT2D eigenvalue weighted by Crippen LogP contribution is 2.09. The van der Waals surface area contributed by atoms with Crippen LogP contribution < -0.4 is 10.8 Å². The fraction of sp³-hybridized carbons (Fsp3) is 0.200. The van der Waals surface area contributed by atoms with Crippen LogP contribution in [0.1, 0.15) is 35.5 Å². The van der Waals surface area contributed by atoms with E-state index in [-0.39, 0.29) is 11.8 Å². The summed E-state index contributed by atoms with van der Waals surface area (Å²) in [5.74, 6) is -0.403. The molecule has 2 aromatic rings. The molecule has 2 amide bonds. The van der Waals surface area contributed by atoms with Crippen LogP contribution in [0, 0.1) is 5.92 Å². The summed E-state index contributed by atoms with van der Waals surface area (Å²) in [6, 6.07) is 9.85. The molecule has 1 aromatic carbocycles. The average molecular weight is 354 g/mol. The van der Waals surface area contributed by atoms with Crippen LogP contribution >= 0.6 is 0 Å². The zero-order valence-electron chi connectivity index (χ0n) is 14.7. The first-order valence-corrected chi connectivity index (χ1v) is 8.24. The Bertz CT molecular complexity index is 775. The molecule has 2 rings (SSSR count). The van der Waals surface area contributed by atoms with E-state index in [1.54, 1.807) is 37.7 Å². The summed E-state index contributed by atoms with van der Waals surface area (Å²) in [6.07, 6.45) is 9.09. The molecule has 1 aromatic heterocycles. The lowest BCUT2D eigenvalue weighted by atomic mass is 10.0. The van der Waals surface area contributed by atoms with Crippen molar-refractivity contribution in [2.45, 2.75) is 19.9 Å². The highest BCUT2D eigenvalue weighted by atomic mass is 16.5. The lowest BCUT2D eigenvalue weighted by molar-refractivity contribution is -0.132. The van der Waals surface area contributed by atoms with Crippen LogP contribution in [0.4, 0.5) is 0 Å². The van der Waals surface area contributed by atoms with Crippen molar-refractivity contribution in [3.8, 4) is 0 Å². The Hall–Kier alpha value is -3.12. The summed E-state index contributed by atoms with van der Waals surface area (Å²) in [5.41, 5.74) is 2.94. The molecule has 0 aliphatic carbocycles. The number of hydrogen-bond donors (Lipinski definition) is 3. The predicted octanol–water partition coefficient (Wildman–Crippen LogP) is 3.27. The van der Waals surface area contributed by atoms with E-state index in [0.717, 1.165) is 11.3 Å². The van der Waals surface area contributed by atoms with Gasteiger partial charge in [-0.3, -0.25) is 14.8 Å². The van der Waals surface area contributed by atoms with Gasteiger partial charge in [0.1, 0.15) is 11.8 Å². The van der Waals surface area contributed by atoms with Crippen LogP contribution in [0.5, 0.6) is 0 Å². The maximum atomic E-state index is 12.3. The van der Waals surface area contributed by atoms with Gasteiger partial charge in [0.15, 0.2) is 0 Å². The molecule has 3 N–H and O–H groups in total. The Morgan fingerprint density at radius 3 is 2.35 bits per heavy atom. The average Bonchev–Trinajstić information content (AvgIpc) is 3.16. The number of allylic oxidation sites excluding steroid dienone is 2. The topological polar surface area (TPSA) is 91.6 Å². The number of rotatable bonds is 7. The second-order valence-electron chi connectivity index (χ2n) is 6.03. The number of carbonyl (C=O) groups excluding carboxylic acids is 2. The van der Waals surface area contributed by atoms with Crippen molar-refractivity contribution < 1.29 is 19.2 Å². The van der Waals surface area contributed by atoms with E-state index in [0.29, 0.717) is 5.56 Å². The van der Waals surface area contributed by atoms with Crippen LogP contribution in [0.15, 0.2) is 59.2 Å². The summed E-state index contributed by atoms with van der Waals surface area (Å²) in [6.45, 7) is 3.56. The van der Waals surface area contributed by atoms with Crippen LogP contribution in [0.3, 0.4) is 0 Å². The maximum Gasteiger partial charge on any atom is 0.266 e. The standard InChI is InChI=1S/C20H22N2O4/c1-14(2)18(20(24)22-25)21-19(23)16-11-9-15(10-12-16)6-3-4-7-17-8-5-13-26-17/h3-14,18,25H,1-2H3,(H,21,23)(H,22,24)/b6-3+,7-4+/t18-/m0/s1. The maximum absolute atomic E-state index is 12.3. The largest absolute Gasteiger partial charge is 0.465 e. The third kappa shape index (κ3) is 5.46. The first-order chi connectivity index (χ1) is 12.5. The molecular formula is C20H22N2O4. The third-order valence-electron chi connectivity index (χ3n) is 3.72. The van der Waals surface area contributed by atoms with Gasteiger partial charge < -0.3 is 9.73 Å². The summed E-state index contributed by atoms with van der Waals surface area (Å²) in [5, 5.41) is 11.4. The highest BCUT2D eigenvalue weighted by Gasteiger charge is 2.24. The van der Waals surface area contributed by atoms with E-state index < -0.39 is 11.9 Å². The molecule has 0 fully saturated rings. The molecular weight excluding hydrogens is 332 g/mol. The van der Waals surface area contributed by atoms with Gasteiger partial charge in [-0.25, -0.2) is 5.48 Å². The Balaban J connectivity index is 1.97. The molecule has 0 saturated carbocycles. The Labute approximate surface area is 152 Å². The van der Waals surface area contributed by atoms with Crippen molar-refractivity contribution in [2.24, 2.45) is 5.92 Å². The van der Waals surface area contributed by atoms with Gasteiger partial charge in [0.25, 0.3) is 11.8 Å². The number of hydrogen-bond acceptors (Lipinski definition) is 4. The number of nitrogens with one attached hydrogen (secondary N) is 2. The Morgan fingerprint density at radius 1 is 1.08 bits per heavy atom. The van der Waals surface area contributed by atoms with Crippen LogP contribution in [0.25, 0.3) is 12.2 Å². The third-order valence-corrected chi connectivity index (χ3v) is 3.72. The van der Waals surface area contributed by atoms with Gasteiger partial charge in [-0.1, -0.05) is 44.2 Å². The van der Waals surface area contributed by atoms with Crippen molar-refractivity contribution in [3.63, 3.8) is 0 Å². The van der Waals surface area contributed by atoms with E-state index in [1.165, 1.54) is 0 Å². The lowest BCUT2D eigenvalue weighted by Crippen LogP contribution is -2.48. The molecule has 0 bridgehead atoms. The predicted molar refractivity (Wildman–Crippen MR) is 99.2 cm³/mol. The minimum atomic E-state index is -0.807. The number of furan rings is 1. The fourth-order valence-corrected chi connectivity index (χ4v) is 2.28. The summed E-state index contributed by atoms with van der Waals surface area (Å²) in [7, 11) is 0. The molecule has 26 heavy (non-hydrogen) atoms. The van der Waals surface area contributed by atoms with E-state index in [2.05, 4.69) is 5.32 Å². The lowest BCUT2D eigenvalue weighted by Gasteiger charge is -2.20. The highest BCUT2D eigenvalue weighted by molar-refractivity contribution is 5.97. The minimum absolute atomic E-state index is 0.158. The second kappa shape index (κ2) is 9.39. The SMILES string of the molecule is CC(C)[C@H](NC(=O)c1ccc(/C=C/C=C/c2ccco2)cc1)C(=O)NO. The number of benzene rings is 1. The van der Waals surface area contributed by atoms with Gasteiger partial charge >= 0.3 is 0 Å². The smallest absolute Gasteiger partial charge is 0.266 e. The first-order valence-electron chi connectivity index (χ1n) is 8.24. The van der Waals surface area contributed by atoms with Crippen LogP contribution in [-0.2, 0) is 4.79 Å². The van der Waals surface area contributed by atoms with E-state index in [1.807, 2.05) is 48.6 Å². The monoisotopic (exact) mass is 354 g/mol. The zero-order valence-corrected chi connectivity index (χ0v) is 14.7. The van der Waals surface area contributed by atoms with Gasteiger partial charge in [-0.05, 0) is 41.8 Å². The minimum Gasteiger partial charge on any atom is -0.465 e. The Morgan fingerprint density at radius 2 is 1.77 bits per heavy atom. The Kier molecular flexibility index (Phi) is 6.93. The molecule has 1 atom stereocenters. The first kappa shape index (κ1) is 19.2. The molecule has 136 valence electrons. The van der Waals surface area contributed by atoms with Gasteiger partial charge in [0, 0.05) is 5.56 Å². The number of hydroxylamine groups is 1. The van der Waals surface area contributed by atoms with Crippen molar-refractivity contribution in [3.05, 3.63) is 71.7 Å². The molecule has 0 saturated heterocycles. The molecule has 1 heterocycles. The second-order valence-corrected chi connectivity index (χ2v) is 6.03. The number of amides is 2. The summed E-state index contributed by atoms with van der Waals surface area (Å²) in [4.78, 5) is 23.9. The van der Waals surface area contributed by atoms with Gasteiger partial charge in [-0.2, -0.15) is 0 Å². The van der Waals surface area contributed by atoms with Crippen molar-refractivity contribution in [2.75, 3.05) is 0 Å². The zero-order chi connectivity index (χ0) is 18.9. The van der Waals surface area contributed by atoms with Crippen molar-refractivity contribution in [1.82, 2.24) is 10.8 Å². The van der Waals surface area contributed by atoms with E-state index in [9.17, 15) is 9.59 Å². The van der Waals surface area contributed by atoms with Crippen LogP contribution in [0.2, 0.25) is 0 Å². The van der Waals surface area contributed by atoms with Gasteiger partial charge in [0.05, 0.1) is 6.26 Å². The molecule has 0 unspecified atom stereocenters. The molecule has 0 radical (unpaired) electrons. The van der Waals surface area contributed by atoms with E-state index in [4.69, 9.17) is 9.62 Å².